The molecule has 1 heterocycles. The zero-order chi connectivity index (χ0) is 9.90. The fourth-order valence-electron chi connectivity index (χ4n) is 2.19. The van der Waals surface area contributed by atoms with Gasteiger partial charge in [-0.05, 0) is 45.3 Å². The van der Waals surface area contributed by atoms with E-state index in [9.17, 15) is 5.26 Å². The molecule has 1 aliphatic rings. The maximum atomic E-state index is 9.21. The molecule has 0 spiro atoms. The summed E-state index contributed by atoms with van der Waals surface area (Å²) in [5.41, 5.74) is -0.0132. The molecule has 0 N–H and O–H groups in total. The average molecular weight is 180 g/mol. The SMILES string of the molecule is CC(C)CC1(C#N)CCN(C)CC1. The summed E-state index contributed by atoms with van der Waals surface area (Å²) < 4.78 is 0. The van der Waals surface area contributed by atoms with Crippen LogP contribution in [0.15, 0.2) is 0 Å². The third-order valence-electron chi connectivity index (χ3n) is 2.98. The van der Waals surface area contributed by atoms with Crippen LogP contribution in [0.2, 0.25) is 0 Å². The second-order valence-corrected chi connectivity index (χ2v) is 4.79. The van der Waals surface area contributed by atoms with Crippen LogP contribution in [0.3, 0.4) is 0 Å². The van der Waals surface area contributed by atoms with Crippen molar-refractivity contribution in [3.05, 3.63) is 0 Å². The zero-order valence-electron chi connectivity index (χ0n) is 9.01. The van der Waals surface area contributed by atoms with Gasteiger partial charge in [-0.1, -0.05) is 13.8 Å². The first kappa shape index (κ1) is 10.5. The summed E-state index contributed by atoms with van der Waals surface area (Å²) in [6, 6.07) is 2.54. The van der Waals surface area contributed by atoms with Gasteiger partial charge in [0.05, 0.1) is 11.5 Å². The Labute approximate surface area is 81.5 Å². The van der Waals surface area contributed by atoms with E-state index in [4.69, 9.17) is 0 Å². The van der Waals surface area contributed by atoms with Gasteiger partial charge in [0.2, 0.25) is 0 Å². The van der Waals surface area contributed by atoms with Gasteiger partial charge in [-0.25, -0.2) is 0 Å². The first-order valence-electron chi connectivity index (χ1n) is 5.18. The molecule has 0 amide bonds. The van der Waals surface area contributed by atoms with E-state index in [0.717, 1.165) is 32.4 Å². The number of piperidine rings is 1. The minimum atomic E-state index is -0.0132. The molecule has 0 aromatic heterocycles. The minimum Gasteiger partial charge on any atom is -0.306 e. The van der Waals surface area contributed by atoms with Crippen molar-refractivity contribution in [3.8, 4) is 6.07 Å². The molecule has 74 valence electrons. The molecule has 0 radical (unpaired) electrons. The highest BCUT2D eigenvalue weighted by molar-refractivity contribution is 5.01. The molecule has 0 aliphatic carbocycles. The summed E-state index contributed by atoms with van der Waals surface area (Å²) in [4.78, 5) is 2.32. The number of likely N-dealkylation sites (tertiary alicyclic amines) is 1. The Bertz CT molecular complexity index is 195. The quantitative estimate of drug-likeness (QED) is 0.652. The molecular formula is C11H20N2. The first-order valence-corrected chi connectivity index (χ1v) is 5.18. The van der Waals surface area contributed by atoms with Crippen molar-refractivity contribution in [1.29, 1.82) is 5.26 Å². The number of rotatable bonds is 2. The third-order valence-corrected chi connectivity index (χ3v) is 2.98. The lowest BCUT2D eigenvalue weighted by atomic mass is 9.74. The summed E-state index contributed by atoms with van der Waals surface area (Å²) in [6.45, 7) is 6.58. The molecule has 0 bridgehead atoms. The summed E-state index contributed by atoms with van der Waals surface area (Å²) >= 11 is 0. The van der Waals surface area contributed by atoms with Crippen LogP contribution in [0.5, 0.6) is 0 Å². The molecular weight excluding hydrogens is 160 g/mol. The monoisotopic (exact) mass is 180 g/mol. The van der Waals surface area contributed by atoms with Crippen molar-refractivity contribution in [2.45, 2.75) is 33.1 Å². The molecule has 1 rings (SSSR count). The molecule has 1 saturated heterocycles. The fraction of sp³-hybridized carbons (Fsp3) is 0.909. The van der Waals surface area contributed by atoms with E-state index in [1.807, 2.05) is 0 Å². The van der Waals surface area contributed by atoms with Gasteiger partial charge in [-0.2, -0.15) is 5.26 Å². The molecule has 0 aromatic rings. The highest BCUT2D eigenvalue weighted by Crippen LogP contribution is 2.36. The van der Waals surface area contributed by atoms with Gasteiger partial charge < -0.3 is 4.90 Å². The van der Waals surface area contributed by atoms with Crippen LogP contribution in [0.4, 0.5) is 0 Å². The second-order valence-electron chi connectivity index (χ2n) is 4.79. The molecule has 1 fully saturated rings. The maximum Gasteiger partial charge on any atom is 0.0690 e. The predicted octanol–water partition coefficient (Wildman–Crippen LogP) is 2.27. The van der Waals surface area contributed by atoms with E-state index < -0.39 is 0 Å². The smallest absolute Gasteiger partial charge is 0.0690 e. The van der Waals surface area contributed by atoms with E-state index in [-0.39, 0.29) is 5.41 Å². The van der Waals surface area contributed by atoms with Gasteiger partial charge in [-0.3, -0.25) is 0 Å². The largest absolute Gasteiger partial charge is 0.306 e. The highest BCUT2D eigenvalue weighted by atomic mass is 15.1. The van der Waals surface area contributed by atoms with Crippen LogP contribution in [0.25, 0.3) is 0 Å². The minimum absolute atomic E-state index is 0.0132. The number of nitriles is 1. The van der Waals surface area contributed by atoms with Crippen molar-refractivity contribution in [2.24, 2.45) is 11.3 Å². The zero-order valence-corrected chi connectivity index (χ0v) is 9.01. The molecule has 0 saturated carbocycles. The first-order chi connectivity index (χ1) is 6.08. The predicted molar refractivity (Wildman–Crippen MR) is 54.2 cm³/mol. The fourth-order valence-corrected chi connectivity index (χ4v) is 2.19. The molecule has 0 aromatic carbocycles. The van der Waals surface area contributed by atoms with Crippen LogP contribution in [-0.2, 0) is 0 Å². The van der Waals surface area contributed by atoms with Gasteiger partial charge in [-0.15, -0.1) is 0 Å². The maximum absolute atomic E-state index is 9.21. The number of hydrogen-bond acceptors (Lipinski definition) is 2. The highest BCUT2D eigenvalue weighted by Gasteiger charge is 2.34. The molecule has 0 atom stereocenters. The van der Waals surface area contributed by atoms with Gasteiger partial charge in [0, 0.05) is 0 Å². The van der Waals surface area contributed by atoms with Crippen molar-refractivity contribution in [1.82, 2.24) is 4.90 Å². The summed E-state index contributed by atoms with van der Waals surface area (Å²) in [6.07, 6.45) is 3.17. The van der Waals surface area contributed by atoms with Crippen molar-refractivity contribution in [3.63, 3.8) is 0 Å². The van der Waals surface area contributed by atoms with Crippen LogP contribution in [0.1, 0.15) is 33.1 Å². The van der Waals surface area contributed by atoms with E-state index in [1.54, 1.807) is 0 Å². The Kier molecular flexibility index (Phi) is 3.33. The van der Waals surface area contributed by atoms with Crippen LogP contribution in [-0.4, -0.2) is 25.0 Å². The van der Waals surface area contributed by atoms with Gasteiger partial charge >= 0.3 is 0 Å². The summed E-state index contributed by atoms with van der Waals surface area (Å²) in [7, 11) is 2.14. The van der Waals surface area contributed by atoms with Gasteiger partial charge in [0.1, 0.15) is 0 Å². The summed E-state index contributed by atoms with van der Waals surface area (Å²) in [5.74, 6) is 0.642. The van der Waals surface area contributed by atoms with E-state index in [0.29, 0.717) is 5.92 Å². The second kappa shape index (κ2) is 4.11. The lowest BCUT2D eigenvalue weighted by molar-refractivity contribution is 0.148. The van der Waals surface area contributed by atoms with E-state index in [2.05, 4.69) is 31.9 Å². The molecule has 2 heteroatoms. The normalized spacial score (nSPS) is 23.0. The van der Waals surface area contributed by atoms with Crippen molar-refractivity contribution < 1.29 is 0 Å². The topological polar surface area (TPSA) is 27.0 Å². The van der Waals surface area contributed by atoms with E-state index >= 15 is 0 Å². The average Bonchev–Trinajstić information content (AvgIpc) is 2.09. The molecule has 0 unspecified atom stereocenters. The van der Waals surface area contributed by atoms with Gasteiger partial charge in [0.15, 0.2) is 0 Å². The number of hydrogen-bond donors (Lipinski definition) is 0. The Morgan fingerprint density at radius 1 is 1.38 bits per heavy atom. The molecule has 1 aliphatic heterocycles. The Morgan fingerprint density at radius 3 is 2.31 bits per heavy atom. The van der Waals surface area contributed by atoms with Gasteiger partial charge in [0.25, 0.3) is 0 Å². The van der Waals surface area contributed by atoms with E-state index in [1.165, 1.54) is 0 Å². The van der Waals surface area contributed by atoms with Crippen LogP contribution >= 0.6 is 0 Å². The van der Waals surface area contributed by atoms with Crippen LogP contribution < -0.4 is 0 Å². The molecule has 13 heavy (non-hydrogen) atoms. The Hall–Kier alpha value is -0.550. The molecule has 2 nitrogen and oxygen atoms in total. The Balaban J connectivity index is 2.57. The van der Waals surface area contributed by atoms with Crippen molar-refractivity contribution in [2.75, 3.05) is 20.1 Å². The summed E-state index contributed by atoms with van der Waals surface area (Å²) in [5, 5.41) is 9.21. The van der Waals surface area contributed by atoms with Crippen LogP contribution in [0, 0.1) is 22.7 Å². The standard InChI is InChI=1S/C11H20N2/c1-10(2)8-11(9-12)4-6-13(3)7-5-11/h10H,4-8H2,1-3H3. The lowest BCUT2D eigenvalue weighted by Crippen LogP contribution is -2.37. The lowest BCUT2D eigenvalue weighted by Gasteiger charge is -2.36. The Morgan fingerprint density at radius 2 is 1.92 bits per heavy atom. The van der Waals surface area contributed by atoms with Crippen molar-refractivity contribution >= 4 is 0 Å². The third kappa shape index (κ3) is 2.70. The number of nitrogens with zero attached hydrogens (tertiary/aromatic N) is 2.